The second-order valence-corrected chi connectivity index (χ2v) is 35.1. The summed E-state index contributed by atoms with van der Waals surface area (Å²) in [6, 6.07) is 7.10. The Morgan fingerprint density at radius 2 is 0.642 bits per heavy atom. The van der Waals surface area contributed by atoms with Gasteiger partial charge in [0.2, 0.25) is 0 Å². The predicted octanol–water partition coefficient (Wildman–Crippen LogP) is 14.0. The van der Waals surface area contributed by atoms with Gasteiger partial charge >= 0.3 is 12.1 Å². The molecule has 0 spiro atoms. The molecule has 0 bridgehead atoms. The first-order valence-electron chi connectivity index (χ1n) is 46.7. The van der Waals surface area contributed by atoms with Gasteiger partial charge in [-0.1, -0.05) is 117 Å². The lowest BCUT2D eigenvalue weighted by atomic mass is 9.98. The number of carbonyl (C=O) groups excluding carboxylic acids is 9. The quantitative estimate of drug-likeness (QED) is 0.0356. The predicted molar refractivity (Wildman–Crippen MR) is 519 cm³/mol. The van der Waals surface area contributed by atoms with E-state index in [4.69, 9.17) is 52.0 Å². The number of phenols is 8. The number of amides is 8. The number of rotatable bonds is 12. The van der Waals surface area contributed by atoms with Crippen molar-refractivity contribution in [1.29, 1.82) is 0 Å². The second kappa shape index (κ2) is 56.9. The van der Waals surface area contributed by atoms with Gasteiger partial charge in [0.15, 0.2) is 26.4 Å². The molecule has 8 aliphatic heterocycles. The molecule has 0 saturated carbocycles. The molecule has 8 aliphatic rings. The minimum Gasteiger partial charge on any atom is -0.508 e. The average molecular weight is 1940 g/mol. The first-order valence-corrected chi connectivity index (χ1v) is 47.5. The van der Waals surface area contributed by atoms with E-state index in [1.54, 1.807) is 69.6 Å². The number of phenolic OH excluding ortho intramolecular Hbond substituents is 8. The molecule has 740 valence electrons. The molecule has 4 aromatic carbocycles. The van der Waals surface area contributed by atoms with Crippen LogP contribution in [-0.2, 0) is 73.7 Å². The fraction of sp³-hybridized carbons (Fsp3) is 0.470. The topological polar surface area (TPSA) is 473 Å². The van der Waals surface area contributed by atoms with E-state index in [2.05, 4.69) is 42.6 Å². The van der Waals surface area contributed by atoms with Crippen molar-refractivity contribution >= 4 is 99.5 Å². The Bertz CT molecular complexity index is 5040. The molecule has 8 amide bonds. The van der Waals surface area contributed by atoms with Crippen LogP contribution in [0.2, 0.25) is 10.0 Å². The van der Waals surface area contributed by atoms with Crippen LogP contribution in [0.4, 0.5) is 4.79 Å². The minimum absolute atomic E-state index is 0.0216. The number of esters is 1. The van der Waals surface area contributed by atoms with Crippen LogP contribution in [-0.4, -0.2) is 265 Å². The van der Waals surface area contributed by atoms with E-state index in [-0.39, 0.29) is 166 Å². The van der Waals surface area contributed by atoms with Crippen LogP contribution in [0.25, 0.3) is 0 Å². The number of piperidine rings is 3. The summed E-state index contributed by atoms with van der Waals surface area (Å²) in [5.41, 5.74) is 2.26. The number of nitrogens with zero attached hydrogens (tertiary/aromatic N) is 9. The molecular formula is C100H128Cl2N12O23. The molecule has 37 heteroatoms. The number of carbonyl (C=O) groups is 9. The van der Waals surface area contributed by atoms with Gasteiger partial charge in [0.1, 0.15) is 57.2 Å². The number of allylic oxidation sites excluding steroid dienone is 12. The number of benzene rings is 4. The van der Waals surface area contributed by atoms with Crippen LogP contribution in [0, 0.1) is 0 Å². The highest BCUT2D eigenvalue weighted by atomic mass is 35.5. The zero-order valence-electron chi connectivity index (χ0n) is 78.1. The minimum atomic E-state index is -0.710. The van der Waals surface area contributed by atoms with E-state index >= 15 is 0 Å². The van der Waals surface area contributed by atoms with Gasteiger partial charge in [0, 0.05) is 135 Å². The van der Waals surface area contributed by atoms with Crippen molar-refractivity contribution in [2.75, 3.05) is 118 Å². The van der Waals surface area contributed by atoms with Crippen molar-refractivity contribution in [3.05, 3.63) is 188 Å². The first-order chi connectivity index (χ1) is 66.0. The number of oxime groups is 4. The molecule has 4 aromatic rings. The van der Waals surface area contributed by atoms with Crippen LogP contribution >= 0.6 is 23.2 Å². The van der Waals surface area contributed by atoms with Gasteiger partial charge in [0.05, 0.1) is 56.2 Å². The molecule has 0 unspecified atom stereocenters. The summed E-state index contributed by atoms with van der Waals surface area (Å²) in [5, 5.41) is 106. The second-order valence-electron chi connectivity index (χ2n) is 34.3. The largest absolute Gasteiger partial charge is 0.508 e. The molecule has 4 fully saturated rings. The van der Waals surface area contributed by atoms with Crippen LogP contribution in [0.15, 0.2) is 154 Å². The molecule has 0 atom stereocenters. The van der Waals surface area contributed by atoms with E-state index in [1.807, 2.05) is 66.8 Å². The summed E-state index contributed by atoms with van der Waals surface area (Å²) in [4.78, 5) is 143. The lowest BCUT2D eigenvalue weighted by Crippen LogP contribution is -2.52. The summed E-state index contributed by atoms with van der Waals surface area (Å²) < 4.78 is 10.7. The molecular weight excluding hydrogens is 1810 g/mol. The smallest absolute Gasteiger partial charge is 0.410 e. The Morgan fingerprint density at radius 1 is 0.350 bits per heavy atom. The Balaban J connectivity index is 0.000000205. The Hall–Kier alpha value is -13.3. The zero-order chi connectivity index (χ0) is 98.4. The number of halogens is 2. The van der Waals surface area contributed by atoms with Gasteiger partial charge in [-0.05, 0) is 214 Å². The number of hydrogen-bond donors (Lipinski definition) is 11. The third-order valence-corrected chi connectivity index (χ3v) is 23.3. The molecule has 4 saturated heterocycles. The number of aromatic hydroxyl groups is 8. The van der Waals surface area contributed by atoms with Crippen LogP contribution in [0.5, 0.6) is 46.0 Å². The monoisotopic (exact) mass is 1930 g/mol. The number of cyclic esters (lactones) is 1. The fourth-order valence-electron chi connectivity index (χ4n) is 15.5. The van der Waals surface area contributed by atoms with E-state index in [1.165, 1.54) is 12.1 Å². The summed E-state index contributed by atoms with van der Waals surface area (Å²) in [5.74, 6) is -5.26. The maximum Gasteiger partial charge on any atom is 0.410 e. The normalized spacial score (nSPS) is 20.7. The molecule has 137 heavy (non-hydrogen) atoms. The Kier molecular flexibility index (Phi) is 44.6. The number of piperazine rings is 1. The highest BCUT2D eigenvalue weighted by Gasteiger charge is 2.32. The highest BCUT2D eigenvalue weighted by Crippen LogP contribution is 2.40. The van der Waals surface area contributed by atoms with Gasteiger partial charge in [-0.25, -0.2) is 9.59 Å². The molecule has 35 nitrogen and oxygen atoms in total. The summed E-state index contributed by atoms with van der Waals surface area (Å²) in [7, 11) is 0. The fourth-order valence-corrected chi connectivity index (χ4v) is 15.9. The van der Waals surface area contributed by atoms with Gasteiger partial charge in [-0.15, -0.1) is 0 Å². The molecule has 11 N–H and O–H groups in total. The molecule has 0 aliphatic carbocycles. The lowest BCUT2D eigenvalue weighted by Gasteiger charge is -2.35. The van der Waals surface area contributed by atoms with Crippen molar-refractivity contribution in [1.82, 2.24) is 40.4 Å². The van der Waals surface area contributed by atoms with Crippen molar-refractivity contribution in [3.63, 3.8) is 0 Å². The van der Waals surface area contributed by atoms with Crippen LogP contribution in [0.3, 0.4) is 0 Å². The number of hydrogen-bond acceptors (Lipinski definition) is 27. The summed E-state index contributed by atoms with van der Waals surface area (Å²) >= 11 is 12.6. The zero-order valence-corrected chi connectivity index (χ0v) is 79.6. The molecule has 0 aromatic heterocycles. The van der Waals surface area contributed by atoms with Gasteiger partial charge in [-0.2, -0.15) is 0 Å². The maximum atomic E-state index is 12.8. The Labute approximate surface area is 808 Å². The SMILES string of the molecule is CC(C)(C)OC(=O)N1CCN(C(=O)CO/N=C2\C=C\CC/C=C/CCOC(=O)c3c(O)cc(O)cc3C2)CC1.O=C1NCC/C=C/CC/C=C/C(=N/OCC(=O)N2CCCCC2)Cc2c(Cl)c(O)cc(O)c21.O=C1NCC/C=C/CC/C=C/C(=N/OCC(=O)N2CCCCC2)Cc2cc(O)cc(O)c21.O=C1NCC/C=C/CC/C=C/C(=N\OCC(=O)N2CCCCC2)Cc2c(Cl)c(O)cc(O)c21. The number of fused-ring (bicyclic) bond motifs is 4. The van der Waals surface area contributed by atoms with E-state index in [0.29, 0.717) is 105 Å². The van der Waals surface area contributed by atoms with Gasteiger partial charge in [-0.3, -0.25) is 33.6 Å². The third kappa shape index (κ3) is 36.4. The van der Waals surface area contributed by atoms with Gasteiger partial charge in [0.25, 0.3) is 41.4 Å². The Morgan fingerprint density at radius 3 is 1.00 bits per heavy atom. The van der Waals surface area contributed by atoms with Crippen molar-refractivity contribution < 1.29 is 113 Å². The van der Waals surface area contributed by atoms with Crippen LogP contribution < -0.4 is 16.0 Å². The molecule has 12 rings (SSSR count). The van der Waals surface area contributed by atoms with Crippen molar-refractivity contribution in [2.24, 2.45) is 20.6 Å². The third-order valence-electron chi connectivity index (χ3n) is 22.5. The lowest BCUT2D eigenvalue weighted by molar-refractivity contribution is -0.138. The van der Waals surface area contributed by atoms with Crippen molar-refractivity contribution in [3.8, 4) is 46.0 Å². The maximum absolute atomic E-state index is 12.8. The van der Waals surface area contributed by atoms with E-state index < -0.39 is 41.1 Å². The standard InChI is InChI=1S/C28H37N3O8.2C24H30ClN3O5.C24H31N3O5/c1-28(2,3)39-27(36)31-13-11-30(12-14-31)24(34)19-38-29-21-10-8-6-4-5-7-9-15-37-26(35)25-20(16-21)17-22(32)18-23(25)33;2*25-23-18-14-17(27-33-16-21(31)28-12-8-5-9-13-28)10-6-3-1-2-4-7-11-26-24(32)22(18)19(29)15-20(23)30;28-20-15-18-14-19(26-32-17-22(30)27-12-8-5-9-13-27)10-6-3-1-2-4-7-11-25-24(31)23(18)21(29)16-20/h5,7-8,10,17-18,32-33H,4,6,9,11-16,19H2,1-3H3;2*2,4,6,10,15,29-30H,1,3,5,7-9,11-14,16H2,(H,26,32);2,4,6,10,15-16,28-29H,1,3,5,7-9,11-14,17H2,(H,25,31)/b7-5+,10-8+,29-21+;4-2+,10-6+,27-17+;4-2+,10-6+,27-17-;4-2+,10-6+,26-19-. The number of nitrogens with one attached hydrogen (secondary N) is 3. The molecule has 0 radical (unpaired) electrons. The number of ether oxygens (including phenoxy) is 2. The highest BCUT2D eigenvalue weighted by molar-refractivity contribution is 6.34. The first kappa shape index (κ1) is 107. The van der Waals surface area contributed by atoms with E-state index in [0.717, 1.165) is 173 Å². The van der Waals surface area contributed by atoms with Crippen LogP contribution in [0.1, 0.15) is 219 Å². The van der Waals surface area contributed by atoms with Gasteiger partial charge < -0.3 is 110 Å². The number of likely N-dealkylation sites (tertiary alicyclic amines) is 3. The summed E-state index contributed by atoms with van der Waals surface area (Å²) in [6.45, 7) is 11.7. The molecule has 8 heterocycles. The van der Waals surface area contributed by atoms with E-state index in [9.17, 15) is 84.0 Å². The average Bonchev–Trinajstić information content (AvgIpc) is 0.800. The summed E-state index contributed by atoms with van der Waals surface area (Å²) in [6.07, 6.45) is 48.7. The van der Waals surface area contributed by atoms with Crippen molar-refractivity contribution in [2.45, 2.75) is 187 Å².